The standard InChI is InChI=1S/C18H14ClN3O/c1-12-16(18(21-22-20)14-5-3-2-4-6-14)11-17(23-12)13-7-9-15(19)10-8-13/h2-11,18H,1H3. The first-order valence-electron chi connectivity index (χ1n) is 7.14. The summed E-state index contributed by atoms with van der Waals surface area (Å²) in [5.41, 5.74) is 11.6. The molecule has 1 unspecified atom stereocenters. The SMILES string of the molecule is Cc1oc(-c2ccc(Cl)cc2)cc1C(N=[N+]=[N-])c1ccccc1. The van der Waals surface area contributed by atoms with Crippen LogP contribution >= 0.6 is 11.6 Å². The summed E-state index contributed by atoms with van der Waals surface area (Å²) in [5.74, 6) is 1.46. The molecule has 114 valence electrons. The van der Waals surface area contributed by atoms with Gasteiger partial charge in [0.25, 0.3) is 0 Å². The van der Waals surface area contributed by atoms with E-state index in [2.05, 4.69) is 10.0 Å². The van der Waals surface area contributed by atoms with Gasteiger partial charge in [-0.25, -0.2) is 0 Å². The van der Waals surface area contributed by atoms with E-state index >= 15 is 0 Å². The summed E-state index contributed by atoms with van der Waals surface area (Å²) in [7, 11) is 0. The summed E-state index contributed by atoms with van der Waals surface area (Å²) in [6.45, 7) is 1.87. The zero-order valence-corrected chi connectivity index (χ0v) is 13.2. The van der Waals surface area contributed by atoms with Gasteiger partial charge in [-0.3, -0.25) is 0 Å². The maximum absolute atomic E-state index is 8.92. The molecule has 0 aliphatic heterocycles. The molecule has 1 aromatic heterocycles. The number of halogens is 1. The predicted molar refractivity (Wildman–Crippen MR) is 91.3 cm³/mol. The molecule has 5 heteroatoms. The molecule has 0 saturated heterocycles. The second kappa shape index (κ2) is 6.61. The molecule has 1 atom stereocenters. The zero-order chi connectivity index (χ0) is 16.2. The molecule has 0 radical (unpaired) electrons. The van der Waals surface area contributed by atoms with Crippen molar-refractivity contribution >= 4 is 11.6 Å². The van der Waals surface area contributed by atoms with Crippen molar-refractivity contribution < 1.29 is 4.42 Å². The highest BCUT2D eigenvalue weighted by molar-refractivity contribution is 6.30. The van der Waals surface area contributed by atoms with Gasteiger partial charge in [0.2, 0.25) is 0 Å². The molecular weight excluding hydrogens is 310 g/mol. The van der Waals surface area contributed by atoms with Crippen molar-refractivity contribution in [2.24, 2.45) is 5.11 Å². The normalized spacial score (nSPS) is 11.7. The fourth-order valence-electron chi connectivity index (χ4n) is 2.52. The topological polar surface area (TPSA) is 61.9 Å². The van der Waals surface area contributed by atoms with E-state index in [0.29, 0.717) is 5.02 Å². The molecule has 0 aliphatic rings. The molecule has 1 heterocycles. The summed E-state index contributed by atoms with van der Waals surface area (Å²) < 4.78 is 5.86. The predicted octanol–water partition coefficient (Wildman–Crippen LogP) is 6.31. The number of furan rings is 1. The summed E-state index contributed by atoms with van der Waals surface area (Å²) in [6.07, 6.45) is 0. The van der Waals surface area contributed by atoms with Gasteiger partial charge in [-0.1, -0.05) is 47.0 Å². The molecule has 3 aromatic rings. The molecule has 0 aliphatic carbocycles. The lowest BCUT2D eigenvalue weighted by molar-refractivity contribution is 0.541. The van der Waals surface area contributed by atoms with E-state index in [0.717, 1.165) is 28.2 Å². The Morgan fingerprint density at radius 3 is 2.43 bits per heavy atom. The van der Waals surface area contributed by atoms with Crippen LogP contribution in [0.4, 0.5) is 0 Å². The first kappa shape index (κ1) is 15.2. The van der Waals surface area contributed by atoms with Gasteiger partial charge >= 0.3 is 0 Å². The second-order valence-corrected chi connectivity index (χ2v) is 5.58. The average molecular weight is 324 g/mol. The van der Waals surface area contributed by atoms with Crippen molar-refractivity contribution in [3.8, 4) is 11.3 Å². The van der Waals surface area contributed by atoms with Crippen molar-refractivity contribution in [2.45, 2.75) is 13.0 Å². The van der Waals surface area contributed by atoms with E-state index < -0.39 is 6.04 Å². The van der Waals surface area contributed by atoms with Crippen LogP contribution in [0.5, 0.6) is 0 Å². The van der Waals surface area contributed by atoms with E-state index in [9.17, 15) is 0 Å². The Bertz CT molecular complexity index is 850. The lowest BCUT2D eigenvalue weighted by atomic mass is 9.99. The molecule has 0 spiro atoms. The van der Waals surface area contributed by atoms with Crippen LogP contribution < -0.4 is 0 Å². The third-order valence-electron chi connectivity index (χ3n) is 3.66. The quantitative estimate of drug-likeness (QED) is 0.315. The minimum atomic E-state index is -0.411. The number of azide groups is 1. The van der Waals surface area contributed by atoms with E-state index in [-0.39, 0.29) is 0 Å². The first-order chi connectivity index (χ1) is 11.2. The zero-order valence-electron chi connectivity index (χ0n) is 12.5. The van der Waals surface area contributed by atoms with Gasteiger partial charge in [-0.05, 0) is 48.4 Å². The number of benzene rings is 2. The highest BCUT2D eigenvalue weighted by atomic mass is 35.5. The highest BCUT2D eigenvalue weighted by Gasteiger charge is 2.19. The summed E-state index contributed by atoms with van der Waals surface area (Å²) in [5, 5.41) is 4.62. The minimum absolute atomic E-state index is 0.411. The summed E-state index contributed by atoms with van der Waals surface area (Å²) in [6, 6.07) is 18.6. The van der Waals surface area contributed by atoms with Crippen molar-refractivity contribution in [1.29, 1.82) is 0 Å². The monoisotopic (exact) mass is 323 g/mol. The Balaban J connectivity index is 2.05. The third-order valence-corrected chi connectivity index (χ3v) is 3.91. The Labute approximate surface area is 139 Å². The lowest BCUT2D eigenvalue weighted by Crippen LogP contribution is -1.96. The third kappa shape index (κ3) is 3.24. The molecule has 0 bridgehead atoms. The molecular formula is C18H14ClN3O. The molecule has 0 fully saturated rings. The molecule has 0 amide bonds. The van der Waals surface area contributed by atoms with Crippen LogP contribution in [-0.2, 0) is 0 Å². The van der Waals surface area contributed by atoms with E-state index in [1.807, 2.05) is 67.6 Å². The Morgan fingerprint density at radius 2 is 1.78 bits per heavy atom. The van der Waals surface area contributed by atoms with Crippen molar-refractivity contribution in [3.05, 3.63) is 93.0 Å². The molecule has 0 saturated carbocycles. The van der Waals surface area contributed by atoms with Crippen LogP contribution in [0.3, 0.4) is 0 Å². The van der Waals surface area contributed by atoms with Crippen LogP contribution in [-0.4, -0.2) is 0 Å². The smallest absolute Gasteiger partial charge is 0.134 e. The van der Waals surface area contributed by atoms with Gasteiger partial charge in [0.15, 0.2) is 0 Å². The van der Waals surface area contributed by atoms with Gasteiger partial charge in [0, 0.05) is 21.1 Å². The van der Waals surface area contributed by atoms with E-state index in [1.54, 1.807) is 0 Å². The summed E-state index contributed by atoms with van der Waals surface area (Å²) in [4.78, 5) is 2.99. The van der Waals surface area contributed by atoms with Crippen LogP contribution in [0.1, 0.15) is 22.9 Å². The number of hydrogen-bond donors (Lipinski definition) is 0. The first-order valence-corrected chi connectivity index (χ1v) is 7.52. The van der Waals surface area contributed by atoms with Crippen LogP contribution in [0.2, 0.25) is 5.02 Å². The number of rotatable bonds is 4. The summed E-state index contributed by atoms with van der Waals surface area (Å²) >= 11 is 5.92. The molecule has 23 heavy (non-hydrogen) atoms. The van der Waals surface area contributed by atoms with Crippen LogP contribution in [0, 0.1) is 6.92 Å². The Kier molecular flexibility index (Phi) is 4.38. The Morgan fingerprint density at radius 1 is 1.09 bits per heavy atom. The number of hydrogen-bond acceptors (Lipinski definition) is 2. The van der Waals surface area contributed by atoms with Crippen molar-refractivity contribution in [3.63, 3.8) is 0 Å². The fourth-order valence-corrected chi connectivity index (χ4v) is 2.65. The highest BCUT2D eigenvalue weighted by Crippen LogP contribution is 2.34. The Hall–Kier alpha value is -2.68. The maximum atomic E-state index is 8.92. The lowest BCUT2D eigenvalue weighted by Gasteiger charge is -2.10. The molecule has 4 nitrogen and oxygen atoms in total. The minimum Gasteiger partial charge on any atom is -0.461 e. The number of aryl methyl sites for hydroxylation is 1. The van der Waals surface area contributed by atoms with Gasteiger partial charge in [0.05, 0.1) is 6.04 Å². The number of nitrogens with zero attached hydrogens (tertiary/aromatic N) is 3. The molecule has 2 aromatic carbocycles. The van der Waals surface area contributed by atoms with Gasteiger partial charge in [-0.15, -0.1) is 0 Å². The van der Waals surface area contributed by atoms with Gasteiger partial charge in [0.1, 0.15) is 11.5 Å². The van der Waals surface area contributed by atoms with Crippen molar-refractivity contribution in [2.75, 3.05) is 0 Å². The largest absolute Gasteiger partial charge is 0.461 e. The van der Waals surface area contributed by atoms with Crippen molar-refractivity contribution in [1.82, 2.24) is 0 Å². The fraction of sp³-hybridized carbons (Fsp3) is 0.111. The van der Waals surface area contributed by atoms with Crippen LogP contribution in [0.15, 0.2) is 70.2 Å². The van der Waals surface area contributed by atoms with E-state index in [4.69, 9.17) is 21.5 Å². The van der Waals surface area contributed by atoms with Crippen LogP contribution in [0.25, 0.3) is 21.8 Å². The van der Waals surface area contributed by atoms with Gasteiger partial charge in [-0.2, -0.15) is 0 Å². The molecule has 0 N–H and O–H groups in total. The maximum Gasteiger partial charge on any atom is 0.134 e. The van der Waals surface area contributed by atoms with E-state index in [1.165, 1.54) is 0 Å². The average Bonchev–Trinajstić information content (AvgIpc) is 2.95. The second-order valence-electron chi connectivity index (χ2n) is 5.15. The molecule has 3 rings (SSSR count). The van der Waals surface area contributed by atoms with Gasteiger partial charge < -0.3 is 4.42 Å².